The summed E-state index contributed by atoms with van der Waals surface area (Å²) in [5.41, 5.74) is 1.57. The molecule has 3 rings (SSSR count). The van der Waals surface area contributed by atoms with Crippen LogP contribution in [0.15, 0.2) is 53.0 Å². The number of hydrogen-bond acceptors (Lipinski definition) is 2. The van der Waals surface area contributed by atoms with Gasteiger partial charge < -0.3 is 4.90 Å². The zero-order valence-corrected chi connectivity index (χ0v) is 15.8. The Hall–Kier alpha value is -2.05. The fourth-order valence-corrected chi connectivity index (χ4v) is 3.20. The predicted octanol–water partition coefficient (Wildman–Crippen LogP) is 4.08. The van der Waals surface area contributed by atoms with Gasteiger partial charge in [-0.25, -0.2) is 8.78 Å². The van der Waals surface area contributed by atoms with E-state index in [9.17, 15) is 13.6 Å². The van der Waals surface area contributed by atoms with E-state index in [1.807, 2.05) is 24.3 Å². The second-order valence-electron chi connectivity index (χ2n) is 6.26. The maximum absolute atomic E-state index is 13.3. The summed E-state index contributed by atoms with van der Waals surface area (Å²) in [6.45, 7) is 3.03. The average molecular weight is 421 g/mol. The number of nitrogens with zero attached hydrogens (tertiary/aromatic N) is 2. The molecule has 0 unspecified atom stereocenters. The van der Waals surface area contributed by atoms with Crippen molar-refractivity contribution in [3.63, 3.8) is 0 Å². The molecule has 6 heteroatoms. The van der Waals surface area contributed by atoms with Crippen molar-refractivity contribution in [2.45, 2.75) is 6.54 Å². The summed E-state index contributed by atoms with van der Waals surface area (Å²) < 4.78 is 27.5. The summed E-state index contributed by atoms with van der Waals surface area (Å²) in [6.07, 6.45) is 3.39. The minimum Gasteiger partial charge on any atom is -0.337 e. The molecule has 0 spiro atoms. The van der Waals surface area contributed by atoms with Gasteiger partial charge >= 0.3 is 0 Å². The Bertz CT molecular complexity index is 780. The van der Waals surface area contributed by atoms with Crippen molar-refractivity contribution in [1.82, 2.24) is 9.80 Å². The Kier molecular flexibility index (Phi) is 6.16. The van der Waals surface area contributed by atoms with E-state index in [2.05, 4.69) is 20.8 Å². The van der Waals surface area contributed by atoms with E-state index < -0.39 is 11.6 Å². The third-order valence-electron chi connectivity index (χ3n) is 4.30. The van der Waals surface area contributed by atoms with Crippen LogP contribution in [0.3, 0.4) is 0 Å². The third kappa shape index (κ3) is 5.22. The molecule has 1 fully saturated rings. The molecule has 2 aromatic carbocycles. The fourth-order valence-electron chi connectivity index (χ4n) is 2.93. The maximum atomic E-state index is 13.3. The highest BCUT2D eigenvalue weighted by Gasteiger charge is 2.19. The second kappa shape index (κ2) is 8.56. The summed E-state index contributed by atoms with van der Waals surface area (Å²) in [5, 5.41) is 0. The summed E-state index contributed by atoms with van der Waals surface area (Å²) in [6, 6.07) is 11.3. The van der Waals surface area contributed by atoms with Gasteiger partial charge in [-0.1, -0.05) is 28.1 Å². The first-order valence-corrected chi connectivity index (χ1v) is 9.19. The Balaban J connectivity index is 1.51. The summed E-state index contributed by atoms with van der Waals surface area (Å²) in [4.78, 5) is 16.2. The van der Waals surface area contributed by atoms with Gasteiger partial charge in [-0.2, -0.15) is 0 Å². The normalized spacial score (nSPS) is 15.6. The molecule has 1 saturated heterocycles. The summed E-state index contributed by atoms with van der Waals surface area (Å²) in [7, 11) is 0. The van der Waals surface area contributed by atoms with Crippen LogP contribution in [0.5, 0.6) is 0 Å². The van der Waals surface area contributed by atoms with Gasteiger partial charge in [0.25, 0.3) is 0 Å². The first-order valence-electron chi connectivity index (χ1n) is 8.39. The van der Waals surface area contributed by atoms with Crippen molar-refractivity contribution in [3.05, 3.63) is 75.8 Å². The second-order valence-corrected chi connectivity index (χ2v) is 7.18. The number of carbonyl (C=O) groups is 1. The fraction of sp³-hybridized carbons (Fsp3) is 0.250. The maximum Gasteiger partial charge on any atom is 0.246 e. The molecular weight excluding hydrogens is 402 g/mol. The molecule has 0 bridgehead atoms. The van der Waals surface area contributed by atoms with Crippen molar-refractivity contribution in [2.75, 3.05) is 26.2 Å². The molecule has 0 radical (unpaired) electrons. The predicted molar refractivity (Wildman–Crippen MR) is 101 cm³/mol. The van der Waals surface area contributed by atoms with Gasteiger partial charge in [0.2, 0.25) is 5.91 Å². The Morgan fingerprint density at radius 3 is 2.23 bits per heavy atom. The molecule has 0 saturated carbocycles. The van der Waals surface area contributed by atoms with E-state index in [-0.39, 0.29) is 5.91 Å². The van der Waals surface area contributed by atoms with Gasteiger partial charge in [-0.05, 0) is 41.5 Å². The molecule has 3 nitrogen and oxygen atoms in total. The van der Waals surface area contributed by atoms with Crippen molar-refractivity contribution in [1.29, 1.82) is 0 Å². The number of hydrogen-bond donors (Lipinski definition) is 0. The lowest BCUT2D eigenvalue weighted by Crippen LogP contribution is -2.47. The molecule has 0 N–H and O–H groups in total. The molecule has 1 heterocycles. The highest BCUT2D eigenvalue weighted by Crippen LogP contribution is 2.14. The van der Waals surface area contributed by atoms with Crippen LogP contribution in [-0.4, -0.2) is 41.9 Å². The van der Waals surface area contributed by atoms with Gasteiger partial charge in [0, 0.05) is 49.3 Å². The molecule has 0 atom stereocenters. The van der Waals surface area contributed by atoms with Crippen LogP contribution < -0.4 is 0 Å². The number of benzene rings is 2. The highest BCUT2D eigenvalue weighted by atomic mass is 79.9. The van der Waals surface area contributed by atoms with Gasteiger partial charge in [0.05, 0.1) is 0 Å². The zero-order valence-electron chi connectivity index (χ0n) is 14.2. The Morgan fingerprint density at radius 1 is 1.00 bits per heavy atom. The molecule has 0 aromatic heterocycles. The number of halogens is 3. The lowest BCUT2D eigenvalue weighted by Gasteiger charge is -2.34. The van der Waals surface area contributed by atoms with E-state index in [4.69, 9.17) is 0 Å². The molecule has 1 amide bonds. The van der Waals surface area contributed by atoms with Crippen molar-refractivity contribution in [3.8, 4) is 0 Å². The minimum absolute atomic E-state index is 0.0237. The van der Waals surface area contributed by atoms with Crippen LogP contribution in [-0.2, 0) is 11.3 Å². The smallest absolute Gasteiger partial charge is 0.246 e. The van der Waals surface area contributed by atoms with Gasteiger partial charge in [-0.3, -0.25) is 9.69 Å². The van der Waals surface area contributed by atoms with E-state index in [0.29, 0.717) is 38.3 Å². The molecule has 136 valence electrons. The Morgan fingerprint density at radius 2 is 1.62 bits per heavy atom. The first kappa shape index (κ1) is 18.7. The summed E-state index contributed by atoms with van der Waals surface area (Å²) >= 11 is 3.38. The average Bonchev–Trinajstić information content (AvgIpc) is 2.61. The van der Waals surface area contributed by atoms with Crippen molar-refractivity contribution < 1.29 is 13.6 Å². The quantitative estimate of drug-likeness (QED) is 0.695. The van der Waals surface area contributed by atoms with Crippen LogP contribution in [0.1, 0.15) is 11.1 Å². The molecule has 1 aliphatic rings. The van der Waals surface area contributed by atoms with Gasteiger partial charge in [0.15, 0.2) is 0 Å². The topological polar surface area (TPSA) is 23.6 Å². The van der Waals surface area contributed by atoms with Crippen LogP contribution in [0, 0.1) is 11.6 Å². The first-order chi connectivity index (χ1) is 12.5. The number of carbonyl (C=O) groups excluding carboxylic acids is 1. The van der Waals surface area contributed by atoms with Gasteiger partial charge in [-0.15, -0.1) is 0 Å². The minimum atomic E-state index is -0.563. The van der Waals surface area contributed by atoms with Crippen molar-refractivity contribution in [2.24, 2.45) is 0 Å². The van der Waals surface area contributed by atoms with Crippen LogP contribution >= 0.6 is 15.9 Å². The molecule has 0 aliphatic carbocycles. The molecule has 2 aromatic rings. The highest BCUT2D eigenvalue weighted by molar-refractivity contribution is 9.10. The lowest BCUT2D eigenvalue weighted by molar-refractivity contribution is -0.127. The third-order valence-corrected chi connectivity index (χ3v) is 4.83. The molecular formula is C20H19BrF2N2O. The molecule has 26 heavy (non-hydrogen) atoms. The van der Waals surface area contributed by atoms with Crippen LogP contribution in [0.25, 0.3) is 6.08 Å². The SMILES string of the molecule is O=C(C=Cc1ccc(Br)cc1)N1CCN(Cc2cc(F)cc(F)c2)CC1. The van der Waals surface area contributed by atoms with Crippen LogP contribution in [0.4, 0.5) is 8.78 Å². The van der Waals surface area contributed by atoms with E-state index in [0.717, 1.165) is 16.1 Å². The largest absolute Gasteiger partial charge is 0.337 e. The molecule has 1 aliphatic heterocycles. The number of piperazine rings is 1. The van der Waals surface area contributed by atoms with Crippen molar-refractivity contribution >= 4 is 27.9 Å². The van der Waals surface area contributed by atoms with E-state index in [1.165, 1.54) is 12.1 Å². The van der Waals surface area contributed by atoms with E-state index >= 15 is 0 Å². The summed E-state index contributed by atoms with van der Waals surface area (Å²) in [5.74, 6) is -1.15. The Labute approximate surface area is 160 Å². The lowest BCUT2D eigenvalue weighted by atomic mass is 10.1. The monoisotopic (exact) mass is 420 g/mol. The van der Waals surface area contributed by atoms with Crippen LogP contribution in [0.2, 0.25) is 0 Å². The number of rotatable bonds is 4. The zero-order chi connectivity index (χ0) is 18.5. The van der Waals surface area contributed by atoms with Gasteiger partial charge in [0.1, 0.15) is 11.6 Å². The number of amides is 1. The standard InChI is InChI=1S/C20H19BrF2N2O/c21-17-4-1-15(2-5-17)3-6-20(26)25-9-7-24(8-10-25)14-16-11-18(22)13-19(23)12-16/h1-6,11-13H,7-10,14H2. The van der Waals surface area contributed by atoms with E-state index in [1.54, 1.807) is 17.1 Å².